The molecule has 0 saturated heterocycles. The van der Waals surface area contributed by atoms with Crippen molar-refractivity contribution in [3.05, 3.63) is 132 Å². The quantitative estimate of drug-likeness (QED) is 0.114. The van der Waals surface area contributed by atoms with Crippen LogP contribution in [0.3, 0.4) is 0 Å². The second-order valence-electron chi connectivity index (χ2n) is 16.6. The van der Waals surface area contributed by atoms with E-state index in [-0.39, 0.29) is 12.1 Å². The zero-order valence-electron chi connectivity index (χ0n) is 29.7. The summed E-state index contributed by atoms with van der Waals surface area (Å²) in [6, 6.07) is 40.2. The van der Waals surface area contributed by atoms with E-state index in [1.165, 1.54) is 115 Å². The van der Waals surface area contributed by atoms with E-state index in [9.17, 15) is 0 Å². The molecule has 1 atom stereocenters. The van der Waals surface area contributed by atoms with Gasteiger partial charge in [0.2, 0.25) is 0 Å². The zero-order chi connectivity index (χ0) is 34.1. The lowest BCUT2D eigenvalue weighted by Crippen LogP contribution is -2.59. The molecule has 3 aliphatic rings. The number of aromatic nitrogens is 2. The van der Waals surface area contributed by atoms with E-state index in [4.69, 9.17) is 0 Å². The maximum atomic E-state index is 2.74. The van der Waals surface area contributed by atoms with E-state index < -0.39 is 0 Å². The van der Waals surface area contributed by atoms with Gasteiger partial charge in [0.25, 0.3) is 6.71 Å². The lowest BCUT2D eigenvalue weighted by atomic mass is 9.34. The van der Waals surface area contributed by atoms with Gasteiger partial charge in [0, 0.05) is 49.5 Å². The average molecular weight is 653 g/mol. The SMILES string of the molecule is Cc1ccc2c(c1)c1cc(C(C)(C)C)ccc1c1cc3c4c(c21)-n1c2c(c5cccc(c51)B4c1cccc4c5ccccc5n-3c14)C=CC(C)C2. The van der Waals surface area contributed by atoms with Crippen molar-refractivity contribution in [3.63, 3.8) is 0 Å². The molecule has 9 aromatic rings. The Bertz CT molecular complexity index is 3120. The van der Waals surface area contributed by atoms with Gasteiger partial charge in [-0.15, -0.1) is 0 Å². The number of hydrogen-bond donors (Lipinski definition) is 0. The van der Waals surface area contributed by atoms with Crippen LogP contribution in [0.2, 0.25) is 0 Å². The molecule has 242 valence electrons. The number of aryl methyl sites for hydroxylation is 1. The lowest BCUT2D eigenvalue weighted by molar-refractivity contribution is 0.591. The molecule has 1 aliphatic carbocycles. The smallest absolute Gasteiger partial charge is 0.252 e. The Morgan fingerprint density at radius 3 is 2.20 bits per heavy atom. The molecule has 2 aliphatic heterocycles. The summed E-state index contributed by atoms with van der Waals surface area (Å²) in [5.74, 6) is 0.481. The fourth-order valence-electron chi connectivity index (χ4n) is 10.4. The lowest BCUT2D eigenvalue weighted by Gasteiger charge is -2.35. The molecule has 0 fully saturated rings. The minimum atomic E-state index is 0.0530. The highest BCUT2D eigenvalue weighted by atomic mass is 15.0. The largest absolute Gasteiger partial charge is 0.313 e. The predicted molar refractivity (Wildman–Crippen MR) is 220 cm³/mol. The maximum Gasteiger partial charge on any atom is 0.252 e. The second-order valence-corrected chi connectivity index (χ2v) is 16.6. The molecule has 3 heteroatoms. The van der Waals surface area contributed by atoms with Crippen molar-refractivity contribution in [2.45, 2.75) is 46.5 Å². The van der Waals surface area contributed by atoms with Gasteiger partial charge in [0.05, 0.1) is 11.2 Å². The number of hydrogen-bond acceptors (Lipinski definition) is 0. The van der Waals surface area contributed by atoms with Gasteiger partial charge in [0.1, 0.15) is 0 Å². The van der Waals surface area contributed by atoms with E-state index in [1.807, 2.05) is 0 Å². The molecule has 0 bridgehead atoms. The molecule has 1 unspecified atom stereocenters. The molecule has 0 radical (unpaired) electrons. The first-order valence-corrected chi connectivity index (χ1v) is 18.6. The standard InChI is InChI=1S/C48H37BN2/c1-26-17-20-32-35(22-26)36-24-28(48(3,4)5)18-21-29(36)37-25-42-44-47(43(32)37)51-41-23-27(2)16-19-31(41)34-12-9-14-39(46(34)51)49(44)38-13-8-11-33-30-10-6-7-15-40(30)50(42)45(33)38/h6-22,24-25,27H,23H2,1-5H3. The third kappa shape index (κ3) is 3.36. The molecule has 0 N–H and O–H groups in total. The fourth-order valence-corrected chi connectivity index (χ4v) is 10.4. The number of para-hydroxylation sites is 3. The summed E-state index contributed by atoms with van der Waals surface area (Å²) in [4.78, 5) is 0. The Morgan fingerprint density at radius 2 is 1.37 bits per heavy atom. The fraction of sp³-hybridized carbons (Fsp3) is 0.167. The third-order valence-electron chi connectivity index (χ3n) is 12.6. The van der Waals surface area contributed by atoms with Crippen LogP contribution in [0.4, 0.5) is 0 Å². The molecule has 2 nitrogen and oxygen atoms in total. The molecule has 2 aromatic heterocycles. The first-order valence-electron chi connectivity index (χ1n) is 18.6. The summed E-state index contributed by atoms with van der Waals surface area (Å²) in [5.41, 5.74) is 16.6. The minimum absolute atomic E-state index is 0.0530. The van der Waals surface area contributed by atoms with E-state index >= 15 is 0 Å². The number of rotatable bonds is 0. The Balaban J connectivity index is 1.40. The maximum absolute atomic E-state index is 2.74. The Kier molecular flexibility index (Phi) is 5.10. The summed E-state index contributed by atoms with van der Waals surface area (Å²) in [6.45, 7) is 11.7. The highest BCUT2D eigenvalue weighted by molar-refractivity contribution is 7.00. The molecular weight excluding hydrogens is 615 g/mol. The van der Waals surface area contributed by atoms with Crippen LogP contribution in [0.25, 0.3) is 82.5 Å². The number of nitrogens with zero attached hydrogens (tertiary/aromatic N) is 2. The monoisotopic (exact) mass is 652 g/mol. The van der Waals surface area contributed by atoms with E-state index in [0.29, 0.717) is 5.92 Å². The Morgan fingerprint density at radius 1 is 0.647 bits per heavy atom. The minimum Gasteiger partial charge on any atom is -0.313 e. The van der Waals surface area contributed by atoms with Crippen LogP contribution in [0.5, 0.6) is 0 Å². The van der Waals surface area contributed by atoms with Crippen LogP contribution >= 0.6 is 0 Å². The van der Waals surface area contributed by atoms with Crippen molar-refractivity contribution in [2.75, 3.05) is 0 Å². The van der Waals surface area contributed by atoms with Gasteiger partial charge in [-0.3, -0.25) is 0 Å². The molecule has 0 amide bonds. The number of allylic oxidation sites excluding steroid dienone is 1. The van der Waals surface area contributed by atoms with Gasteiger partial charge in [-0.25, -0.2) is 0 Å². The van der Waals surface area contributed by atoms with Crippen LogP contribution in [-0.4, -0.2) is 15.8 Å². The summed E-state index contributed by atoms with van der Waals surface area (Å²) in [7, 11) is 0. The van der Waals surface area contributed by atoms with Crippen molar-refractivity contribution >= 4 is 94.2 Å². The van der Waals surface area contributed by atoms with Crippen molar-refractivity contribution in [1.82, 2.24) is 9.13 Å². The molecule has 7 aromatic carbocycles. The topological polar surface area (TPSA) is 9.86 Å². The summed E-state index contributed by atoms with van der Waals surface area (Å²) < 4.78 is 5.36. The summed E-state index contributed by atoms with van der Waals surface area (Å²) in [5, 5.41) is 12.2. The van der Waals surface area contributed by atoms with Crippen molar-refractivity contribution < 1.29 is 0 Å². The van der Waals surface area contributed by atoms with Gasteiger partial charge in [-0.2, -0.15) is 0 Å². The van der Waals surface area contributed by atoms with Gasteiger partial charge < -0.3 is 9.13 Å². The van der Waals surface area contributed by atoms with Crippen LogP contribution in [0.15, 0.2) is 109 Å². The Hall–Kier alpha value is -5.54. The first kappa shape index (κ1) is 28.2. The summed E-state index contributed by atoms with van der Waals surface area (Å²) in [6.07, 6.45) is 5.86. The van der Waals surface area contributed by atoms with Gasteiger partial charge in [-0.1, -0.05) is 130 Å². The molecule has 0 saturated carbocycles. The van der Waals surface area contributed by atoms with Crippen molar-refractivity contribution in [1.29, 1.82) is 0 Å². The molecule has 0 spiro atoms. The average Bonchev–Trinajstić information content (AvgIpc) is 3.64. The van der Waals surface area contributed by atoms with Gasteiger partial charge in [0.15, 0.2) is 0 Å². The number of benzene rings is 7. The number of fused-ring (bicyclic) bond motifs is 17. The molecule has 12 rings (SSSR count). The second kappa shape index (κ2) is 9.22. The van der Waals surface area contributed by atoms with E-state index in [1.54, 1.807) is 0 Å². The summed E-state index contributed by atoms with van der Waals surface area (Å²) >= 11 is 0. The van der Waals surface area contributed by atoms with Crippen molar-refractivity contribution in [2.24, 2.45) is 5.92 Å². The molecule has 51 heavy (non-hydrogen) atoms. The van der Waals surface area contributed by atoms with Crippen LogP contribution in [-0.2, 0) is 11.8 Å². The predicted octanol–water partition coefficient (Wildman–Crippen LogP) is 10.1. The van der Waals surface area contributed by atoms with Gasteiger partial charge in [-0.05, 0) is 91.8 Å². The Labute approximate surface area is 297 Å². The molecular formula is C48H37BN2. The molecule has 4 heterocycles. The van der Waals surface area contributed by atoms with Gasteiger partial charge >= 0.3 is 0 Å². The highest BCUT2D eigenvalue weighted by Crippen LogP contribution is 2.46. The van der Waals surface area contributed by atoms with Crippen molar-refractivity contribution in [3.8, 4) is 11.4 Å². The van der Waals surface area contributed by atoms with E-state index in [0.717, 1.165) is 6.42 Å². The van der Waals surface area contributed by atoms with Crippen LogP contribution in [0, 0.1) is 12.8 Å². The highest BCUT2D eigenvalue weighted by Gasteiger charge is 2.42. The zero-order valence-corrected chi connectivity index (χ0v) is 29.7. The van der Waals surface area contributed by atoms with E-state index in [2.05, 4.69) is 159 Å². The van der Waals surface area contributed by atoms with Crippen LogP contribution in [0.1, 0.15) is 50.1 Å². The normalized spacial score (nSPS) is 15.9. The van der Waals surface area contributed by atoms with Crippen LogP contribution < -0.4 is 16.4 Å². The third-order valence-corrected chi connectivity index (χ3v) is 12.6. The first-order chi connectivity index (χ1) is 24.8.